The Kier molecular flexibility index (Phi) is 4.25. The second-order valence-electron chi connectivity index (χ2n) is 5.53. The lowest BCUT2D eigenvalue weighted by Crippen LogP contribution is -1.92. The van der Waals surface area contributed by atoms with Crippen molar-refractivity contribution in [3.63, 3.8) is 0 Å². The van der Waals surface area contributed by atoms with Gasteiger partial charge in [-0.15, -0.1) is 0 Å². The second kappa shape index (κ2) is 6.87. The highest BCUT2D eigenvalue weighted by molar-refractivity contribution is 5.82. The average Bonchev–Trinajstić information content (AvgIpc) is 3.33. The summed E-state index contributed by atoms with van der Waals surface area (Å²) in [6.45, 7) is 0. The summed E-state index contributed by atoms with van der Waals surface area (Å²) in [7, 11) is 4.72. The molecule has 2 N–H and O–H groups in total. The summed E-state index contributed by atoms with van der Waals surface area (Å²) >= 11 is 0. The fraction of sp³-hybridized carbons (Fsp3) is 0.167. The molecular weight excluding hydrogens is 350 g/mol. The smallest absolute Gasteiger partial charge is 0.302 e. The van der Waals surface area contributed by atoms with Crippen LogP contribution >= 0.6 is 0 Å². The van der Waals surface area contributed by atoms with Crippen LogP contribution in [0.1, 0.15) is 0 Å². The molecule has 4 rings (SSSR count). The molecule has 0 fully saturated rings. The van der Waals surface area contributed by atoms with Crippen molar-refractivity contribution in [3.8, 4) is 28.7 Å². The molecule has 0 amide bonds. The van der Waals surface area contributed by atoms with Crippen LogP contribution in [0, 0.1) is 0 Å². The van der Waals surface area contributed by atoms with Crippen molar-refractivity contribution in [2.24, 2.45) is 0 Å². The van der Waals surface area contributed by atoms with Gasteiger partial charge in [0, 0.05) is 11.8 Å². The number of ether oxygens (including phenoxy) is 3. The molecule has 0 saturated carbocycles. The number of hydrogen-bond acceptors (Lipinski definition) is 8. The van der Waals surface area contributed by atoms with Crippen LogP contribution in [0.5, 0.6) is 17.4 Å². The number of fused-ring (bicyclic) bond motifs is 1. The molecule has 0 aliphatic carbocycles. The molecule has 0 atom stereocenters. The minimum absolute atomic E-state index is 0.297. The van der Waals surface area contributed by atoms with E-state index in [2.05, 4.69) is 25.3 Å². The Morgan fingerprint density at radius 1 is 1.00 bits per heavy atom. The highest BCUT2D eigenvalue weighted by atomic mass is 16.5. The number of oxazole rings is 1. The number of aromatic nitrogens is 4. The minimum Gasteiger partial charge on any atom is -0.493 e. The Morgan fingerprint density at radius 3 is 2.63 bits per heavy atom. The van der Waals surface area contributed by atoms with Gasteiger partial charge in [-0.25, -0.2) is 15.0 Å². The molecule has 0 aliphatic heterocycles. The molecule has 0 aliphatic rings. The summed E-state index contributed by atoms with van der Waals surface area (Å²) in [5.41, 5.74) is 2.22. The Balaban J connectivity index is 1.60. The largest absolute Gasteiger partial charge is 0.493 e. The van der Waals surface area contributed by atoms with E-state index < -0.39 is 0 Å². The van der Waals surface area contributed by atoms with Crippen LogP contribution in [-0.4, -0.2) is 41.3 Å². The maximum atomic E-state index is 5.77. The van der Waals surface area contributed by atoms with Crippen LogP contribution in [0.4, 0.5) is 12.0 Å². The lowest BCUT2D eigenvalue weighted by Gasteiger charge is -2.08. The summed E-state index contributed by atoms with van der Waals surface area (Å²) in [6.07, 6.45) is 3.26. The Hall–Kier alpha value is -3.75. The molecule has 0 radical (unpaired) electrons. The zero-order valence-electron chi connectivity index (χ0n) is 14.9. The number of aromatic amines is 1. The molecule has 1 aromatic carbocycles. The normalized spacial score (nSPS) is 10.8. The number of rotatable bonds is 6. The first kappa shape index (κ1) is 16.7. The van der Waals surface area contributed by atoms with Crippen LogP contribution in [-0.2, 0) is 0 Å². The molecule has 0 unspecified atom stereocenters. The molecule has 9 heteroatoms. The fourth-order valence-electron chi connectivity index (χ4n) is 2.68. The van der Waals surface area contributed by atoms with E-state index in [4.69, 9.17) is 18.6 Å². The molecule has 3 heterocycles. The summed E-state index contributed by atoms with van der Waals surface area (Å²) < 4.78 is 21.6. The number of hydrogen-bond donors (Lipinski definition) is 2. The van der Waals surface area contributed by atoms with Gasteiger partial charge in [0.1, 0.15) is 0 Å². The van der Waals surface area contributed by atoms with E-state index >= 15 is 0 Å². The van der Waals surface area contributed by atoms with Crippen molar-refractivity contribution in [1.82, 2.24) is 19.9 Å². The van der Waals surface area contributed by atoms with Crippen molar-refractivity contribution in [1.29, 1.82) is 0 Å². The summed E-state index contributed by atoms with van der Waals surface area (Å²) in [5, 5.41) is 3.00. The highest BCUT2D eigenvalue weighted by Crippen LogP contribution is 2.33. The van der Waals surface area contributed by atoms with Crippen molar-refractivity contribution in [3.05, 3.63) is 36.7 Å². The minimum atomic E-state index is 0.297. The van der Waals surface area contributed by atoms with Gasteiger partial charge >= 0.3 is 6.01 Å². The van der Waals surface area contributed by atoms with Crippen molar-refractivity contribution in [2.45, 2.75) is 0 Å². The Labute approximate surface area is 154 Å². The maximum Gasteiger partial charge on any atom is 0.302 e. The van der Waals surface area contributed by atoms with E-state index in [1.807, 2.05) is 18.2 Å². The molecule has 3 aromatic heterocycles. The summed E-state index contributed by atoms with van der Waals surface area (Å²) in [4.78, 5) is 15.9. The van der Waals surface area contributed by atoms with Gasteiger partial charge in [0.25, 0.3) is 0 Å². The van der Waals surface area contributed by atoms with Gasteiger partial charge in [-0.2, -0.15) is 0 Å². The van der Waals surface area contributed by atoms with Crippen molar-refractivity contribution >= 4 is 23.0 Å². The van der Waals surface area contributed by atoms with Crippen LogP contribution < -0.4 is 19.5 Å². The molecule has 0 saturated heterocycles. The maximum absolute atomic E-state index is 5.77. The van der Waals surface area contributed by atoms with E-state index in [1.165, 1.54) is 0 Å². The molecular formula is C18H17N5O4. The van der Waals surface area contributed by atoms with E-state index in [9.17, 15) is 0 Å². The lowest BCUT2D eigenvalue weighted by molar-refractivity contribution is 0.355. The first-order valence-corrected chi connectivity index (χ1v) is 8.05. The topological polar surface area (TPSA) is 107 Å². The second-order valence-corrected chi connectivity index (χ2v) is 5.53. The third-order valence-electron chi connectivity index (χ3n) is 3.96. The van der Waals surface area contributed by atoms with E-state index in [1.54, 1.807) is 39.8 Å². The third-order valence-corrected chi connectivity index (χ3v) is 3.96. The number of methoxy groups -OCH3 is 3. The van der Waals surface area contributed by atoms with Gasteiger partial charge < -0.3 is 23.6 Å². The Bertz CT molecular complexity index is 1090. The summed E-state index contributed by atoms with van der Waals surface area (Å²) in [6, 6.07) is 7.60. The van der Waals surface area contributed by atoms with Crippen LogP contribution in [0.15, 0.2) is 41.1 Å². The Morgan fingerprint density at radius 2 is 1.85 bits per heavy atom. The van der Waals surface area contributed by atoms with Crippen LogP contribution in [0.3, 0.4) is 0 Å². The number of H-pyrrole nitrogens is 1. The van der Waals surface area contributed by atoms with Crippen LogP contribution in [0.2, 0.25) is 0 Å². The highest BCUT2D eigenvalue weighted by Gasteiger charge is 2.13. The molecule has 9 nitrogen and oxygen atoms in total. The number of anilines is 2. The molecule has 138 valence electrons. The molecule has 0 bridgehead atoms. The molecule has 27 heavy (non-hydrogen) atoms. The molecule has 0 spiro atoms. The first-order valence-electron chi connectivity index (χ1n) is 8.05. The number of imidazole rings is 1. The quantitative estimate of drug-likeness (QED) is 0.534. The van der Waals surface area contributed by atoms with Gasteiger partial charge in [-0.3, -0.25) is 5.32 Å². The zero-order chi connectivity index (χ0) is 18.8. The van der Waals surface area contributed by atoms with Crippen molar-refractivity contribution < 1.29 is 18.6 Å². The first-order chi connectivity index (χ1) is 13.2. The van der Waals surface area contributed by atoms with Gasteiger partial charge in [-0.1, -0.05) is 0 Å². The van der Waals surface area contributed by atoms with Gasteiger partial charge in [0.2, 0.25) is 11.8 Å². The number of nitrogens with zero attached hydrogens (tertiary/aromatic N) is 3. The fourth-order valence-corrected chi connectivity index (χ4v) is 2.68. The lowest BCUT2D eigenvalue weighted by atomic mass is 10.1. The summed E-state index contributed by atoms with van der Waals surface area (Å²) in [5.74, 6) is 2.74. The predicted molar refractivity (Wildman–Crippen MR) is 98.8 cm³/mol. The van der Waals surface area contributed by atoms with Crippen LogP contribution in [0.25, 0.3) is 22.4 Å². The zero-order valence-corrected chi connectivity index (χ0v) is 14.9. The predicted octanol–water partition coefficient (Wildman–Crippen LogP) is 3.38. The average molecular weight is 367 g/mol. The van der Waals surface area contributed by atoms with E-state index in [-0.39, 0.29) is 0 Å². The number of nitrogens with one attached hydrogen (secondary N) is 2. The standard InChI is InChI=1S/C18H17N5O4/c1-24-12-5-4-10(8-13(12)25-2)14-9-20-18(27-14)23-17-21-11-6-7-19-16(26-3)15(11)22-17/h4-9H,1-3H3,(H2,20,21,22,23). The van der Waals surface area contributed by atoms with E-state index in [0.29, 0.717) is 40.6 Å². The number of benzene rings is 1. The van der Waals surface area contributed by atoms with Crippen molar-refractivity contribution in [2.75, 3.05) is 26.6 Å². The SMILES string of the molecule is COc1ccc(-c2cnc(Nc3nc4c(OC)nccc4[nH]3)o2)cc1OC. The third kappa shape index (κ3) is 3.10. The van der Waals surface area contributed by atoms with Gasteiger partial charge in [0.05, 0.1) is 33.0 Å². The molecule has 4 aromatic rings. The monoisotopic (exact) mass is 367 g/mol. The van der Waals surface area contributed by atoms with Gasteiger partial charge in [-0.05, 0) is 24.3 Å². The number of pyridine rings is 1. The van der Waals surface area contributed by atoms with Gasteiger partial charge in [0.15, 0.2) is 22.8 Å². The van der Waals surface area contributed by atoms with E-state index in [0.717, 1.165) is 11.1 Å².